The van der Waals surface area contributed by atoms with Crippen molar-refractivity contribution in [3.8, 4) is 6.07 Å². The quantitative estimate of drug-likeness (QED) is 0.516. The Balaban J connectivity index is 4.80. The van der Waals surface area contributed by atoms with E-state index >= 15 is 0 Å². The van der Waals surface area contributed by atoms with E-state index in [2.05, 4.69) is 39.9 Å². The zero-order valence-electron chi connectivity index (χ0n) is 14.9. The van der Waals surface area contributed by atoms with Gasteiger partial charge in [-0.05, 0) is 38.4 Å². The molecule has 0 aromatic carbocycles. The van der Waals surface area contributed by atoms with Gasteiger partial charge in [-0.15, -0.1) is 0 Å². The minimum atomic E-state index is -2.00. The predicted molar refractivity (Wildman–Crippen MR) is 87.4 cm³/mol. The summed E-state index contributed by atoms with van der Waals surface area (Å²) in [4.78, 5) is 12.0. The van der Waals surface area contributed by atoms with Gasteiger partial charge in [0.1, 0.15) is 5.60 Å². The van der Waals surface area contributed by atoms with Crippen LogP contribution < -0.4 is 0 Å². The molecule has 0 saturated carbocycles. The second kappa shape index (κ2) is 7.41. The number of ether oxygens (including phenoxy) is 1. The van der Waals surface area contributed by atoms with Gasteiger partial charge in [0.05, 0.1) is 25.0 Å². The average Bonchev–Trinajstić information content (AvgIpc) is 2.26. The average molecular weight is 314 g/mol. The monoisotopic (exact) mass is 313 g/mol. The Labute approximate surface area is 130 Å². The van der Waals surface area contributed by atoms with Crippen LogP contribution in [0.25, 0.3) is 0 Å². The zero-order chi connectivity index (χ0) is 16.9. The van der Waals surface area contributed by atoms with Crippen molar-refractivity contribution in [1.29, 1.82) is 5.26 Å². The fourth-order valence-corrected chi connectivity index (χ4v) is 2.81. The van der Waals surface area contributed by atoms with E-state index in [1.807, 2.05) is 20.8 Å². The lowest BCUT2D eigenvalue weighted by molar-refractivity contribution is -0.158. The number of esters is 1. The Bertz CT molecular complexity index is 391. The Morgan fingerprint density at radius 1 is 1.24 bits per heavy atom. The van der Waals surface area contributed by atoms with Crippen LogP contribution in [-0.4, -0.2) is 26.0 Å². The van der Waals surface area contributed by atoms with E-state index in [4.69, 9.17) is 14.4 Å². The van der Waals surface area contributed by atoms with Crippen molar-refractivity contribution < 1.29 is 14.0 Å². The second-order valence-electron chi connectivity index (χ2n) is 7.65. The van der Waals surface area contributed by atoms with Crippen LogP contribution in [0.2, 0.25) is 18.1 Å². The number of nitriles is 1. The molecule has 0 N–H and O–H groups in total. The molecule has 1 atom stereocenters. The molecule has 5 heteroatoms. The van der Waals surface area contributed by atoms with Crippen LogP contribution in [0, 0.1) is 11.3 Å². The lowest BCUT2D eigenvalue weighted by Crippen LogP contribution is -2.44. The highest BCUT2D eigenvalue weighted by atomic mass is 28.4. The molecular formula is C16H31NO3Si. The van der Waals surface area contributed by atoms with Crippen LogP contribution in [-0.2, 0) is 14.0 Å². The van der Waals surface area contributed by atoms with Crippen LogP contribution in [0.4, 0.5) is 0 Å². The SMILES string of the molecule is CCC(C)(C)OC(=O)CC(CC#N)O[Si](C)(C)C(C)(C)C. The van der Waals surface area contributed by atoms with Crippen molar-refractivity contribution in [2.24, 2.45) is 0 Å². The normalized spacial score (nSPS) is 14.4. The number of hydrogen-bond donors (Lipinski definition) is 0. The highest BCUT2D eigenvalue weighted by molar-refractivity contribution is 6.74. The summed E-state index contributed by atoms with van der Waals surface area (Å²) in [5, 5.41) is 9.01. The molecule has 0 saturated heterocycles. The summed E-state index contributed by atoms with van der Waals surface area (Å²) < 4.78 is 11.6. The van der Waals surface area contributed by atoms with E-state index in [0.717, 1.165) is 6.42 Å². The van der Waals surface area contributed by atoms with Crippen LogP contribution in [0.1, 0.15) is 60.8 Å². The van der Waals surface area contributed by atoms with Crippen molar-refractivity contribution in [2.45, 2.75) is 90.6 Å². The molecule has 0 fully saturated rings. The molecule has 4 nitrogen and oxygen atoms in total. The Morgan fingerprint density at radius 3 is 2.14 bits per heavy atom. The second-order valence-corrected chi connectivity index (χ2v) is 12.4. The third kappa shape index (κ3) is 7.10. The number of nitrogens with zero attached hydrogens (tertiary/aromatic N) is 1. The Hall–Kier alpha value is -0.863. The van der Waals surface area contributed by atoms with Gasteiger partial charge < -0.3 is 9.16 Å². The lowest BCUT2D eigenvalue weighted by Gasteiger charge is -2.38. The van der Waals surface area contributed by atoms with Gasteiger partial charge in [0.25, 0.3) is 0 Å². The van der Waals surface area contributed by atoms with E-state index < -0.39 is 13.9 Å². The highest BCUT2D eigenvalue weighted by Crippen LogP contribution is 2.38. The predicted octanol–water partition coefficient (Wildman–Crippen LogP) is 4.41. The third-order valence-corrected chi connectivity index (χ3v) is 8.76. The summed E-state index contributed by atoms with van der Waals surface area (Å²) in [5.41, 5.74) is -0.467. The van der Waals surface area contributed by atoms with Crippen LogP contribution >= 0.6 is 0 Å². The maximum absolute atomic E-state index is 12.0. The highest BCUT2D eigenvalue weighted by Gasteiger charge is 2.39. The number of carbonyl (C=O) groups is 1. The maximum Gasteiger partial charge on any atom is 0.308 e. The molecule has 0 radical (unpaired) electrons. The van der Waals surface area contributed by atoms with Crippen LogP contribution in [0.5, 0.6) is 0 Å². The number of hydrogen-bond acceptors (Lipinski definition) is 4. The molecule has 1 unspecified atom stereocenters. The summed E-state index contributed by atoms with van der Waals surface area (Å²) in [6, 6.07) is 2.11. The van der Waals surface area contributed by atoms with Gasteiger partial charge in [-0.3, -0.25) is 4.79 Å². The van der Waals surface area contributed by atoms with E-state index in [9.17, 15) is 4.79 Å². The van der Waals surface area contributed by atoms with Crippen molar-refractivity contribution >= 4 is 14.3 Å². The molecule has 0 aromatic heterocycles. The van der Waals surface area contributed by atoms with E-state index in [1.54, 1.807) is 0 Å². The first-order valence-electron chi connectivity index (χ1n) is 7.61. The molecule has 0 aliphatic heterocycles. The summed E-state index contributed by atoms with van der Waals surface area (Å²) in [5.74, 6) is -0.291. The number of carbonyl (C=O) groups excluding carboxylic acids is 1. The van der Waals surface area contributed by atoms with Gasteiger partial charge >= 0.3 is 5.97 Å². The van der Waals surface area contributed by atoms with Crippen molar-refractivity contribution in [3.63, 3.8) is 0 Å². The van der Waals surface area contributed by atoms with Gasteiger partial charge in [-0.25, -0.2) is 0 Å². The Morgan fingerprint density at radius 2 is 1.76 bits per heavy atom. The van der Waals surface area contributed by atoms with Crippen molar-refractivity contribution in [2.75, 3.05) is 0 Å². The van der Waals surface area contributed by atoms with Gasteiger partial charge in [0, 0.05) is 0 Å². The van der Waals surface area contributed by atoms with Crippen molar-refractivity contribution in [3.05, 3.63) is 0 Å². The molecule has 0 heterocycles. The van der Waals surface area contributed by atoms with Gasteiger partial charge in [0.15, 0.2) is 8.32 Å². The number of rotatable bonds is 7. The molecule has 0 aromatic rings. The summed E-state index contributed by atoms with van der Waals surface area (Å²) >= 11 is 0. The first kappa shape index (κ1) is 20.1. The van der Waals surface area contributed by atoms with Gasteiger partial charge in [0.2, 0.25) is 0 Å². The van der Waals surface area contributed by atoms with Gasteiger partial charge in [-0.1, -0.05) is 27.7 Å². The standard InChI is InChI=1S/C16H31NO3Si/c1-9-16(5,6)19-14(18)12-13(10-11-17)20-21(7,8)15(2,3)4/h13H,9-10,12H2,1-8H3. The molecular weight excluding hydrogens is 282 g/mol. The van der Waals surface area contributed by atoms with Gasteiger partial charge in [-0.2, -0.15) is 5.26 Å². The molecule has 21 heavy (non-hydrogen) atoms. The first-order chi connectivity index (χ1) is 9.34. The fraction of sp³-hybridized carbons (Fsp3) is 0.875. The maximum atomic E-state index is 12.0. The molecule has 122 valence electrons. The topological polar surface area (TPSA) is 59.3 Å². The minimum absolute atomic E-state index is 0.0489. The van der Waals surface area contributed by atoms with Crippen molar-refractivity contribution in [1.82, 2.24) is 0 Å². The van der Waals surface area contributed by atoms with E-state index in [1.165, 1.54) is 0 Å². The summed E-state index contributed by atoms with van der Waals surface area (Å²) in [7, 11) is -2.00. The fourth-order valence-electron chi connectivity index (χ4n) is 1.46. The zero-order valence-corrected chi connectivity index (χ0v) is 15.9. The molecule has 0 aliphatic rings. The molecule has 0 bridgehead atoms. The molecule has 0 aliphatic carbocycles. The third-order valence-electron chi connectivity index (χ3n) is 4.22. The first-order valence-corrected chi connectivity index (χ1v) is 10.5. The smallest absolute Gasteiger partial charge is 0.308 e. The molecule has 0 amide bonds. The summed E-state index contributed by atoms with van der Waals surface area (Å²) in [6.07, 6.45) is 0.735. The van der Waals surface area contributed by atoms with Crippen LogP contribution in [0.3, 0.4) is 0 Å². The lowest BCUT2D eigenvalue weighted by atomic mass is 10.1. The largest absolute Gasteiger partial charge is 0.460 e. The molecule has 0 spiro atoms. The van der Waals surface area contributed by atoms with E-state index in [0.29, 0.717) is 0 Å². The molecule has 0 rings (SSSR count). The minimum Gasteiger partial charge on any atom is -0.460 e. The van der Waals surface area contributed by atoms with Crippen LogP contribution in [0.15, 0.2) is 0 Å². The Kier molecular flexibility index (Phi) is 7.11. The van der Waals surface area contributed by atoms with E-state index in [-0.39, 0.29) is 30.0 Å². The summed E-state index contributed by atoms with van der Waals surface area (Å²) in [6.45, 7) is 16.4.